The predicted molar refractivity (Wildman–Crippen MR) is 230 cm³/mol. The Morgan fingerprint density at radius 3 is 0.909 bits per heavy atom. The van der Waals surface area contributed by atoms with Crippen molar-refractivity contribution in [2.45, 2.75) is 178 Å². The summed E-state index contributed by atoms with van der Waals surface area (Å²) in [4.78, 5) is -0.318. The van der Waals surface area contributed by atoms with Gasteiger partial charge >= 0.3 is 37.7 Å². The third kappa shape index (κ3) is 20.6. The summed E-state index contributed by atoms with van der Waals surface area (Å²) in [6, 6.07) is 21.3. The van der Waals surface area contributed by atoms with E-state index in [-0.39, 0.29) is 47.5 Å². The topological polar surface area (TPSA) is 114 Å². The Balaban J connectivity index is 0.000000373. The maximum absolute atomic E-state index is 11.1. The van der Waals surface area contributed by atoms with Gasteiger partial charge in [0.05, 0.1) is 9.79 Å². The summed E-state index contributed by atoms with van der Waals surface area (Å²) in [5.74, 6) is 0. The zero-order valence-electron chi connectivity index (χ0n) is 33.9. The molecule has 4 aromatic rings. The largest absolute Gasteiger partial charge is 2.00 e. The summed E-state index contributed by atoms with van der Waals surface area (Å²) in [6.07, 6.45) is 31.6. The molecule has 0 bridgehead atoms. The number of fused-ring (bicyclic) bond motifs is 2. The Labute approximate surface area is 364 Å². The fourth-order valence-electron chi connectivity index (χ4n) is 7.16. The molecule has 0 N–H and O–H groups in total. The van der Waals surface area contributed by atoms with Crippen LogP contribution in [-0.2, 0) is 33.1 Å². The molecule has 6 nitrogen and oxygen atoms in total. The molecule has 0 atom stereocenters. The zero-order chi connectivity index (χ0) is 39.1. The Morgan fingerprint density at radius 2 is 0.618 bits per heavy atom. The van der Waals surface area contributed by atoms with Crippen LogP contribution >= 0.6 is 0 Å². The van der Waals surface area contributed by atoms with Crippen molar-refractivity contribution < 1.29 is 25.9 Å². The van der Waals surface area contributed by atoms with Crippen molar-refractivity contribution in [1.29, 1.82) is 0 Å². The van der Waals surface area contributed by atoms with Crippen LogP contribution in [0.3, 0.4) is 0 Å². The summed E-state index contributed by atoms with van der Waals surface area (Å²) >= 11 is 0. The van der Waals surface area contributed by atoms with Gasteiger partial charge in [-0.15, -0.1) is 0 Å². The molecule has 0 aromatic heterocycles. The van der Waals surface area contributed by atoms with Gasteiger partial charge in [-0.05, 0) is 82.6 Å². The first-order chi connectivity index (χ1) is 26.0. The Bertz CT molecular complexity index is 1740. The van der Waals surface area contributed by atoms with Gasteiger partial charge in [0.15, 0.2) is 0 Å². The van der Waals surface area contributed by atoms with E-state index in [1.165, 1.54) is 177 Å². The first kappa shape index (κ1) is 49.6. The van der Waals surface area contributed by atoms with Crippen molar-refractivity contribution in [1.82, 2.24) is 0 Å². The van der Waals surface area contributed by atoms with Gasteiger partial charge in [0.1, 0.15) is 20.2 Å². The summed E-state index contributed by atoms with van der Waals surface area (Å²) in [5, 5.41) is 3.58. The minimum atomic E-state index is -4.39. The summed E-state index contributed by atoms with van der Waals surface area (Å²) < 4.78 is 66.7. The fourth-order valence-corrected chi connectivity index (χ4v) is 8.17. The molecule has 0 saturated carbocycles. The monoisotopic (exact) mass is 818 g/mol. The van der Waals surface area contributed by atoms with Gasteiger partial charge in [0.25, 0.3) is 0 Å². The van der Waals surface area contributed by atoms with Crippen LogP contribution in [0.1, 0.15) is 166 Å². The summed E-state index contributed by atoms with van der Waals surface area (Å²) in [7, 11) is -8.78. The van der Waals surface area contributed by atoms with E-state index >= 15 is 0 Å². The van der Waals surface area contributed by atoms with E-state index in [0.717, 1.165) is 34.4 Å². The molecule has 0 aliphatic heterocycles. The van der Waals surface area contributed by atoms with E-state index in [0.29, 0.717) is 0 Å². The van der Waals surface area contributed by atoms with Gasteiger partial charge in [0, 0.05) is 0 Å². The van der Waals surface area contributed by atoms with Gasteiger partial charge in [0.2, 0.25) is 0 Å². The average molecular weight is 819 g/mol. The predicted octanol–water partition coefficient (Wildman–Crippen LogP) is 12.8. The summed E-state index contributed by atoms with van der Waals surface area (Å²) in [6.45, 7) is 4.52. The van der Waals surface area contributed by atoms with E-state index in [2.05, 4.69) is 26.0 Å². The van der Waals surface area contributed by atoms with Crippen LogP contribution in [0, 0.1) is 0 Å². The fraction of sp³-hybridized carbons (Fsp3) is 0.565. The first-order valence-corrected chi connectivity index (χ1v) is 23.8. The Morgan fingerprint density at radius 1 is 0.364 bits per heavy atom. The zero-order valence-corrected chi connectivity index (χ0v) is 37.7. The van der Waals surface area contributed by atoms with Crippen LogP contribution in [0.5, 0.6) is 0 Å². The molecule has 0 heterocycles. The molecule has 0 aliphatic rings. The molecule has 0 amide bonds. The molecule has 0 spiro atoms. The van der Waals surface area contributed by atoms with Crippen LogP contribution in [0.4, 0.5) is 0 Å². The molecular weight excluding hydrogens is 753 g/mol. The van der Waals surface area contributed by atoms with Crippen LogP contribution in [-0.4, -0.2) is 63.7 Å². The standard InChI is InChI=1S/2C23H34O3S.Ca/c2*1-2-3-4-5-6-7-8-9-10-11-12-13-20-14-15-22-19-23(27(24,25)26)17-16-21(22)18-20;/h2*14-19H,2-13H2,1H3,(H,24,25,26);/q;;+2/p-2. The Hall–Kier alpha value is -1.52. The molecular formula is C46H66CaO6S2. The number of aryl methyl sites for hydroxylation is 2. The molecule has 300 valence electrons. The van der Waals surface area contributed by atoms with Gasteiger partial charge < -0.3 is 9.11 Å². The maximum Gasteiger partial charge on any atom is 2.00 e. The van der Waals surface area contributed by atoms with Gasteiger partial charge in [-0.25, -0.2) is 16.8 Å². The van der Waals surface area contributed by atoms with Crippen LogP contribution < -0.4 is 0 Å². The van der Waals surface area contributed by atoms with Crippen LogP contribution in [0.15, 0.2) is 82.6 Å². The van der Waals surface area contributed by atoms with Crippen molar-refractivity contribution in [2.75, 3.05) is 0 Å². The van der Waals surface area contributed by atoms with E-state index in [1.807, 2.05) is 24.3 Å². The smallest absolute Gasteiger partial charge is 0.744 e. The van der Waals surface area contributed by atoms with E-state index in [1.54, 1.807) is 12.1 Å². The molecule has 0 saturated heterocycles. The number of hydrogen-bond donors (Lipinski definition) is 0. The molecule has 0 aliphatic carbocycles. The van der Waals surface area contributed by atoms with Crippen molar-refractivity contribution in [2.24, 2.45) is 0 Å². The number of rotatable bonds is 26. The van der Waals surface area contributed by atoms with E-state index in [9.17, 15) is 25.9 Å². The number of hydrogen-bond acceptors (Lipinski definition) is 6. The normalized spacial score (nSPS) is 11.7. The second-order valence-electron chi connectivity index (χ2n) is 15.2. The molecule has 4 aromatic carbocycles. The molecule has 4 rings (SSSR count). The quantitative estimate of drug-likeness (QED) is 0.0354. The van der Waals surface area contributed by atoms with E-state index in [4.69, 9.17) is 0 Å². The van der Waals surface area contributed by atoms with Crippen molar-refractivity contribution in [3.63, 3.8) is 0 Å². The van der Waals surface area contributed by atoms with Crippen molar-refractivity contribution in [3.8, 4) is 0 Å². The van der Waals surface area contributed by atoms with Crippen molar-refractivity contribution in [3.05, 3.63) is 83.9 Å². The maximum atomic E-state index is 11.1. The van der Waals surface area contributed by atoms with E-state index < -0.39 is 20.2 Å². The third-order valence-electron chi connectivity index (χ3n) is 10.5. The number of unbranched alkanes of at least 4 members (excludes halogenated alkanes) is 20. The molecule has 0 fully saturated rings. The first-order valence-electron chi connectivity index (χ1n) is 21.0. The second-order valence-corrected chi connectivity index (χ2v) is 17.9. The molecule has 55 heavy (non-hydrogen) atoms. The summed E-state index contributed by atoms with van der Waals surface area (Å²) in [5.41, 5.74) is 2.55. The minimum Gasteiger partial charge on any atom is -0.744 e. The average Bonchev–Trinajstić information content (AvgIpc) is 3.15. The van der Waals surface area contributed by atoms with Crippen LogP contribution in [0.2, 0.25) is 0 Å². The molecule has 0 unspecified atom stereocenters. The van der Waals surface area contributed by atoms with Crippen LogP contribution in [0.25, 0.3) is 21.5 Å². The third-order valence-corrected chi connectivity index (χ3v) is 12.1. The molecule has 9 heteroatoms. The number of benzene rings is 4. The van der Waals surface area contributed by atoms with Gasteiger partial charge in [-0.3, -0.25) is 0 Å². The SMILES string of the molecule is CCCCCCCCCCCCCc1ccc2cc(S(=O)(=O)[O-])ccc2c1.CCCCCCCCCCCCCc1ccc2cc(S(=O)(=O)[O-])ccc2c1.[Ca+2]. The van der Waals surface area contributed by atoms with Crippen molar-refractivity contribution >= 4 is 79.5 Å². The Kier molecular flexibility index (Phi) is 25.3. The van der Waals surface area contributed by atoms with Gasteiger partial charge in [-0.2, -0.15) is 0 Å². The van der Waals surface area contributed by atoms with Gasteiger partial charge in [-0.1, -0.05) is 191 Å². The second kappa shape index (κ2) is 28.0. The minimum absolute atomic E-state index is 0. The molecule has 0 radical (unpaired) electrons.